The van der Waals surface area contributed by atoms with Crippen LogP contribution in [0.5, 0.6) is 0 Å². The molecule has 0 bridgehead atoms. The van der Waals surface area contributed by atoms with Crippen LogP contribution in [0.15, 0.2) is 48.5 Å². The lowest BCUT2D eigenvalue weighted by Crippen LogP contribution is -2.42. The molecule has 0 radical (unpaired) electrons. The Labute approximate surface area is 148 Å². The van der Waals surface area contributed by atoms with Crippen molar-refractivity contribution in [1.82, 2.24) is 5.32 Å². The minimum absolute atomic E-state index is 0.327. The van der Waals surface area contributed by atoms with Gasteiger partial charge in [0.15, 0.2) is 0 Å². The summed E-state index contributed by atoms with van der Waals surface area (Å²) in [6.45, 7) is 2.32. The first kappa shape index (κ1) is 18.0. The summed E-state index contributed by atoms with van der Waals surface area (Å²) in [6.07, 6.45) is -4.30. The van der Waals surface area contributed by atoms with Crippen LogP contribution in [-0.4, -0.2) is 24.4 Å². The van der Waals surface area contributed by atoms with Crippen molar-refractivity contribution in [2.75, 3.05) is 11.4 Å². The summed E-state index contributed by atoms with van der Waals surface area (Å²) in [5.41, 5.74) is 0.252. The Bertz CT molecular complexity index is 831. The summed E-state index contributed by atoms with van der Waals surface area (Å²) in [5, 5.41) is 2.44. The van der Waals surface area contributed by atoms with E-state index in [1.165, 1.54) is 17.0 Å². The number of aryl methyl sites for hydroxylation is 1. The van der Waals surface area contributed by atoms with Crippen LogP contribution in [0.4, 0.5) is 18.9 Å². The average Bonchev–Trinajstić information content (AvgIpc) is 2.95. The summed E-state index contributed by atoms with van der Waals surface area (Å²) < 4.78 is 39.2. The van der Waals surface area contributed by atoms with Gasteiger partial charge in [0, 0.05) is 12.2 Å². The van der Waals surface area contributed by atoms with Gasteiger partial charge >= 0.3 is 6.18 Å². The van der Waals surface area contributed by atoms with E-state index in [-0.39, 0.29) is 5.91 Å². The van der Waals surface area contributed by atoms with Gasteiger partial charge in [-0.2, -0.15) is 13.2 Å². The number of hydrogen-bond acceptors (Lipinski definition) is 2. The fourth-order valence-electron chi connectivity index (χ4n) is 2.96. The first-order chi connectivity index (χ1) is 12.3. The molecular weight excluding hydrogens is 345 g/mol. The molecule has 0 unspecified atom stereocenters. The lowest BCUT2D eigenvalue weighted by atomic mass is 10.1. The Balaban J connectivity index is 1.75. The SMILES string of the molecule is Cc1ccc(N2CC[C@H](NC(=O)c3ccccc3C(F)(F)F)C2=O)cc1. The normalized spacial score (nSPS) is 17.5. The van der Waals surface area contributed by atoms with Gasteiger partial charge in [-0.05, 0) is 37.6 Å². The summed E-state index contributed by atoms with van der Waals surface area (Å²) >= 11 is 0. The Morgan fingerprint density at radius 1 is 1.12 bits per heavy atom. The van der Waals surface area contributed by atoms with E-state index in [0.29, 0.717) is 18.7 Å². The molecule has 3 rings (SSSR count). The van der Waals surface area contributed by atoms with Gasteiger partial charge in [-0.1, -0.05) is 29.8 Å². The molecule has 0 aromatic heterocycles. The Kier molecular flexibility index (Phi) is 4.71. The van der Waals surface area contributed by atoms with Crippen molar-refractivity contribution >= 4 is 17.5 Å². The first-order valence-corrected chi connectivity index (χ1v) is 8.12. The van der Waals surface area contributed by atoms with E-state index < -0.39 is 29.3 Å². The molecule has 2 amide bonds. The van der Waals surface area contributed by atoms with E-state index in [2.05, 4.69) is 5.32 Å². The smallest absolute Gasteiger partial charge is 0.340 e. The third-order valence-corrected chi connectivity index (χ3v) is 4.33. The third-order valence-electron chi connectivity index (χ3n) is 4.33. The lowest BCUT2D eigenvalue weighted by molar-refractivity contribution is -0.137. The van der Waals surface area contributed by atoms with Crippen molar-refractivity contribution in [2.45, 2.75) is 25.6 Å². The monoisotopic (exact) mass is 362 g/mol. The quantitative estimate of drug-likeness (QED) is 0.908. The zero-order chi connectivity index (χ0) is 18.9. The minimum Gasteiger partial charge on any atom is -0.340 e. The highest BCUT2D eigenvalue weighted by Crippen LogP contribution is 2.32. The molecule has 0 spiro atoms. The zero-order valence-corrected chi connectivity index (χ0v) is 14.0. The number of alkyl halides is 3. The second-order valence-corrected chi connectivity index (χ2v) is 6.18. The van der Waals surface area contributed by atoms with E-state index in [0.717, 1.165) is 17.7 Å². The maximum absolute atomic E-state index is 13.1. The van der Waals surface area contributed by atoms with Gasteiger partial charge in [-0.15, -0.1) is 0 Å². The molecule has 1 saturated heterocycles. The average molecular weight is 362 g/mol. The van der Waals surface area contributed by atoms with Crippen LogP contribution < -0.4 is 10.2 Å². The number of halogens is 3. The first-order valence-electron chi connectivity index (χ1n) is 8.12. The maximum Gasteiger partial charge on any atom is 0.417 e. The predicted molar refractivity (Wildman–Crippen MR) is 90.8 cm³/mol. The summed E-state index contributed by atoms with van der Waals surface area (Å²) in [5.74, 6) is -1.23. The van der Waals surface area contributed by atoms with Crippen molar-refractivity contribution in [3.63, 3.8) is 0 Å². The van der Waals surface area contributed by atoms with Gasteiger partial charge in [0.2, 0.25) is 5.91 Å². The van der Waals surface area contributed by atoms with E-state index in [1.807, 2.05) is 19.1 Å². The highest BCUT2D eigenvalue weighted by Gasteiger charge is 2.37. The molecule has 1 N–H and O–H groups in total. The maximum atomic E-state index is 13.1. The number of carbonyl (C=O) groups excluding carboxylic acids is 2. The van der Waals surface area contributed by atoms with E-state index >= 15 is 0 Å². The standard InChI is InChI=1S/C19H17F3N2O2/c1-12-6-8-13(9-7-12)24-11-10-16(18(24)26)23-17(25)14-4-2-3-5-15(14)19(20,21)22/h2-9,16H,10-11H2,1H3,(H,23,25)/t16-/m0/s1. The molecular formula is C19H17F3N2O2. The van der Waals surface area contributed by atoms with Crippen LogP contribution in [0, 0.1) is 6.92 Å². The molecule has 1 aliphatic rings. The minimum atomic E-state index is -4.64. The van der Waals surface area contributed by atoms with Crippen molar-refractivity contribution in [3.05, 3.63) is 65.2 Å². The van der Waals surface area contributed by atoms with Crippen LogP contribution in [0.2, 0.25) is 0 Å². The van der Waals surface area contributed by atoms with Crippen LogP contribution in [0.25, 0.3) is 0 Å². The number of amides is 2. The molecule has 0 aliphatic carbocycles. The Hall–Kier alpha value is -2.83. The molecule has 2 aromatic carbocycles. The molecule has 1 atom stereocenters. The van der Waals surface area contributed by atoms with Crippen LogP contribution in [-0.2, 0) is 11.0 Å². The van der Waals surface area contributed by atoms with Gasteiger partial charge in [0.05, 0.1) is 11.1 Å². The highest BCUT2D eigenvalue weighted by molar-refractivity contribution is 6.04. The topological polar surface area (TPSA) is 49.4 Å². The van der Waals surface area contributed by atoms with E-state index in [9.17, 15) is 22.8 Å². The Morgan fingerprint density at radius 2 is 1.77 bits per heavy atom. The van der Waals surface area contributed by atoms with Crippen LogP contribution in [0.1, 0.15) is 27.9 Å². The molecule has 7 heteroatoms. The zero-order valence-electron chi connectivity index (χ0n) is 14.0. The molecule has 1 fully saturated rings. The lowest BCUT2D eigenvalue weighted by Gasteiger charge is -2.18. The fraction of sp³-hybridized carbons (Fsp3) is 0.263. The number of carbonyl (C=O) groups is 2. The Morgan fingerprint density at radius 3 is 2.42 bits per heavy atom. The second-order valence-electron chi connectivity index (χ2n) is 6.18. The molecule has 26 heavy (non-hydrogen) atoms. The largest absolute Gasteiger partial charge is 0.417 e. The number of anilines is 1. The molecule has 2 aromatic rings. The van der Waals surface area contributed by atoms with Gasteiger partial charge in [0.25, 0.3) is 5.91 Å². The van der Waals surface area contributed by atoms with Gasteiger partial charge in [-0.25, -0.2) is 0 Å². The predicted octanol–water partition coefficient (Wildman–Crippen LogP) is 3.55. The van der Waals surface area contributed by atoms with Crippen LogP contribution >= 0.6 is 0 Å². The van der Waals surface area contributed by atoms with Gasteiger partial charge in [0.1, 0.15) is 6.04 Å². The fourth-order valence-corrected chi connectivity index (χ4v) is 2.96. The molecule has 4 nitrogen and oxygen atoms in total. The van der Waals surface area contributed by atoms with E-state index in [1.54, 1.807) is 12.1 Å². The van der Waals surface area contributed by atoms with E-state index in [4.69, 9.17) is 0 Å². The number of rotatable bonds is 3. The molecule has 1 heterocycles. The number of nitrogens with zero attached hydrogens (tertiary/aromatic N) is 1. The van der Waals surface area contributed by atoms with Crippen molar-refractivity contribution in [1.29, 1.82) is 0 Å². The summed E-state index contributed by atoms with van der Waals surface area (Å²) in [6, 6.07) is 11.0. The number of nitrogens with one attached hydrogen (secondary N) is 1. The molecule has 136 valence electrons. The van der Waals surface area contributed by atoms with Gasteiger partial charge < -0.3 is 10.2 Å². The summed E-state index contributed by atoms with van der Waals surface area (Å²) in [7, 11) is 0. The van der Waals surface area contributed by atoms with Crippen molar-refractivity contribution < 1.29 is 22.8 Å². The van der Waals surface area contributed by atoms with Gasteiger partial charge in [-0.3, -0.25) is 9.59 Å². The molecule has 0 saturated carbocycles. The third kappa shape index (κ3) is 3.56. The van der Waals surface area contributed by atoms with Crippen LogP contribution in [0.3, 0.4) is 0 Å². The van der Waals surface area contributed by atoms with Crippen molar-refractivity contribution in [3.8, 4) is 0 Å². The van der Waals surface area contributed by atoms with Crippen molar-refractivity contribution in [2.24, 2.45) is 0 Å². The summed E-state index contributed by atoms with van der Waals surface area (Å²) in [4.78, 5) is 26.4. The number of benzene rings is 2. The highest BCUT2D eigenvalue weighted by atomic mass is 19.4. The second kappa shape index (κ2) is 6.82. The molecule has 1 aliphatic heterocycles. The number of hydrogen-bond donors (Lipinski definition) is 1.